The van der Waals surface area contributed by atoms with Gasteiger partial charge in [-0.25, -0.2) is 9.52 Å². The molecule has 0 heterocycles. The summed E-state index contributed by atoms with van der Waals surface area (Å²) in [5.74, 6) is -0.824. The summed E-state index contributed by atoms with van der Waals surface area (Å²) in [4.78, 5) is 10.8. The fraction of sp³-hybridized carbons (Fsp3) is 0.417. The van der Waals surface area contributed by atoms with E-state index in [4.69, 9.17) is 5.11 Å². The van der Waals surface area contributed by atoms with Crippen molar-refractivity contribution in [2.45, 2.75) is 20.4 Å². The first-order chi connectivity index (χ1) is 8.80. The minimum absolute atomic E-state index is 0.0501. The Morgan fingerprint density at radius 1 is 1.32 bits per heavy atom. The standard InChI is InChI=1S/C12H18N2O4S/c1-9(2)7-13-19(17,18)14-8-10-4-3-5-11(6-10)12(15)16/h3-6,9,13-14H,7-8H2,1-2H3,(H,15,16). The first-order valence-electron chi connectivity index (χ1n) is 5.86. The van der Waals surface area contributed by atoms with E-state index >= 15 is 0 Å². The molecule has 0 radical (unpaired) electrons. The first-order valence-corrected chi connectivity index (χ1v) is 7.35. The van der Waals surface area contributed by atoms with Crippen LogP contribution in [0, 0.1) is 5.92 Å². The molecule has 0 saturated carbocycles. The van der Waals surface area contributed by atoms with E-state index in [-0.39, 0.29) is 18.0 Å². The molecule has 3 N–H and O–H groups in total. The lowest BCUT2D eigenvalue weighted by molar-refractivity contribution is 0.0696. The molecule has 0 saturated heterocycles. The van der Waals surface area contributed by atoms with Gasteiger partial charge in [-0.1, -0.05) is 26.0 Å². The smallest absolute Gasteiger partial charge is 0.335 e. The lowest BCUT2D eigenvalue weighted by Crippen LogP contribution is -2.38. The van der Waals surface area contributed by atoms with Crippen LogP contribution in [0.1, 0.15) is 29.8 Å². The maximum absolute atomic E-state index is 11.6. The maximum Gasteiger partial charge on any atom is 0.335 e. The van der Waals surface area contributed by atoms with Crippen molar-refractivity contribution in [1.29, 1.82) is 0 Å². The highest BCUT2D eigenvalue weighted by Crippen LogP contribution is 2.05. The summed E-state index contributed by atoms with van der Waals surface area (Å²) in [6.07, 6.45) is 0. The van der Waals surface area contributed by atoms with Crippen LogP contribution in [0.4, 0.5) is 0 Å². The van der Waals surface area contributed by atoms with Crippen LogP contribution in [-0.2, 0) is 16.8 Å². The maximum atomic E-state index is 11.6. The van der Waals surface area contributed by atoms with Crippen molar-refractivity contribution >= 4 is 16.2 Å². The Hall–Kier alpha value is -1.44. The van der Waals surface area contributed by atoms with Gasteiger partial charge in [0.2, 0.25) is 0 Å². The lowest BCUT2D eigenvalue weighted by Gasteiger charge is -2.10. The Morgan fingerprint density at radius 3 is 2.58 bits per heavy atom. The average Bonchev–Trinajstić information content (AvgIpc) is 2.35. The zero-order valence-electron chi connectivity index (χ0n) is 10.9. The fourth-order valence-corrected chi connectivity index (χ4v) is 2.33. The van der Waals surface area contributed by atoms with Crippen LogP contribution >= 0.6 is 0 Å². The summed E-state index contributed by atoms with van der Waals surface area (Å²) < 4.78 is 28.0. The molecule has 0 unspecified atom stereocenters. The summed E-state index contributed by atoms with van der Waals surface area (Å²) in [5, 5.41) is 8.83. The van der Waals surface area contributed by atoms with Gasteiger partial charge in [0.05, 0.1) is 5.56 Å². The second kappa shape index (κ2) is 6.65. The summed E-state index contributed by atoms with van der Waals surface area (Å²) >= 11 is 0. The molecule has 1 aromatic carbocycles. The fourth-order valence-electron chi connectivity index (χ4n) is 1.32. The van der Waals surface area contributed by atoms with E-state index < -0.39 is 16.2 Å². The van der Waals surface area contributed by atoms with E-state index in [1.54, 1.807) is 12.1 Å². The predicted octanol–water partition coefficient (Wildman–Crippen LogP) is 0.965. The number of carboxylic acid groups (broad SMARTS) is 1. The number of aromatic carboxylic acids is 1. The number of rotatable bonds is 7. The van der Waals surface area contributed by atoms with Gasteiger partial charge in [-0.2, -0.15) is 13.1 Å². The molecule has 0 amide bonds. The largest absolute Gasteiger partial charge is 0.478 e. The van der Waals surface area contributed by atoms with Crippen molar-refractivity contribution in [3.63, 3.8) is 0 Å². The molecule has 0 bridgehead atoms. The molecule has 0 spiro atoms. The molecule has 7 heteroatoms. The molecule has 106 valence electrons. The first kappa shape index (κ1) is 15.6. The Morgan fingerprint density at radius 2 is 2.00 bits per heavy atom. The number of hydrogen-bond acceptors (Lipinski definition) is 3. The number of carboxylic acids is 1. The number of benzene rings is 1. The van der Waals surface area contributed by atoms with Gasteiger partial charge in [0.1, 0.15) is 0 Å². The van der Waals surface area contributed by atoms with E-state index in [0.717, 1.165) is 0 Å². The van der Waals surface area contributed by atoms with Crippen molar-refractivity contribution < 1.29 is 18.3 Å². The van der Waals surface area contributed by atoms with Crippen LogP contribution in [0.5, 0.6) is 0 Å². The van der Waals surface area contributed by atoms with Gasteiger partial charge in [-0.3, -0.25) is 0 Å². The molecule has 1 rings (SSSR count). The third-order valence-electron chi connectivity index (χ3n) is 2.32. The summed E-state index contributed by atoms with van der Waals surface area (Å²) in [5.41, 5.74) is 0.724. The third kappa shape index (κ3) is 5.82. The van der Waals surface area contributed by atoms with Gasteiger partial charge in [-0.15, -0.1) is 0 Å². The van der Waals surface area contributed by atoms with E-state index in [2.05, 4.69) is 9.44 Å². The molecular formula is C12H18N2O4S. The predicted molar refractivity (Wildman–Crippen MR) is 72.0 cm³/mol. The summed E-state index contributed by atoms with van der Waals surface area (Å²) in [6.45, 7) is 4.21. The normalized spacial score (nSPS) is 11.7. The minimum Gasteiger partial charge on any atom is -0.478 e. The minimum atomic E-state index is -3.56. The highest BCUT2D eigenvalue weighted by molar-refractivity contribution is 7.87. The van der Waals surface area contributed by atoms with E-state index in [1.165, 1.54) is 12.1 Å². The van der Waals surface area contributed by atoms with Crippen LogP contribution in [0.3, 0.4) is 0 Å². The number of nitrogens with one attached hydrogen (secondary N) is 2. The summed E-state index contributed by atoms with van der Waals surface area (Å²) in [7, 11) is -3.56. The lowest BCUT2D eigenvalue weighted by atomic mass is 10.1. The second-order valence-electron chi connectivity index (χ2n) is 4.57. The molecule has 6 nitrogen and oxygen atoms in total. The van der Waals surface area contributed by atoms with Gasteiger partial charge in [0.15, 0.2) is 0 Å². The monoisotopic (exact) mass is 286 g/mol. The van der Waals surface area contributed by atoms with Crippen LogP contribution in [0.15, 0.2) is 24.3 Å². The van der Waals surface area contributed by atoms with Gasteiger partial charge < -0.3 is 5.11 Å². The van der Waals surface area contributed by atoms with Crippen molar-refractivity contribution in [3.05, 3.63) is 35.4 Å². The molecule has 0 aliphatic heterocycles. The van der Waals surface area contributed by atoms with Gasteiger partial charge in [0, 0.05) is 13.1 Å². The summed E-state index contributed by atoms with van der Waals surface area (Å²) in [6, 6.07) is 6.14. The Kier molecular flexibility index (Phi) is 5.46. The molecule has 0 atom stereocenters. The zero-order chi connectivity index (χ0) is 14.5. The molecule has 0 aromatic heterocycles. The van der Waals surface area contributed by atoms with Gasteiger partial charge in [-0.05, 0) is 23.6 Å². The van der Waals surface area contributed by atoms with Crippen LogP contribution in [0.25, 0.3) is 0 Å². The van der Waals surface area contributed by atoms with E-state index in [9.17, 15) is 13.2 Å². The topological polar surface area (TPSA) is 95.5 Å². The highest BCUT2D eigenvalue weighted by atomic mass is 32.2. The van der Waals surface area contributed by atoms with Gasteiger partial charge >= 0.3 is 5.97 Å². The van der Waals surface area contributed by atoms with Crippen molar-refractivity contribution in [3.8, 4) is 0 Å². The SMILES string of the molecule is CC(C)CNS(=O)(=O)NCc1cccc(C(=O)O)c1. The van der Waals surface area contributed by atoms with Crippen molar-refractivity contribution in [2.24, 2.45) is 5.92 Å². The third-order valence-corrected chi connectivity index (χ3v) is 3.39. The highest BCUT2D eigenvalue weighted by Gasteiger charge is 2.10. The van der Waals surface area contributed by atoms with E-state index in [0.29, 0.717) is 12.1 Å². The van der Waals surface area contributed by atoms with Crippen molar-refractivity contribution in [2.75, 3.05) is 6.54 Å². The van der Waals surface area contributed by atoms with Gasteiger partial charge in [0.25, 0.3) is 10.2 Å². The molecule has 0 aliphatic carbocycles. The average molecular weight is 286 g/mol. The van der Waals surface area contributed by atoms with Crippen LogP contribution in [-0.4, -0.2) is 26.0 Å². The zero-order valence-corrected chi connectivity index (χ0v) is 11.7. The van der Waals surface area contributed by atoms with E-state index in [1.807, 2.05) is 13.8 Å². The number of hydrogen-bond donors (Lipinski definition) is 3. The van der Waals surface area contributed by atoms with Crippen LogP contribution in [0.2, 0.25) is 0 Å². The Bertz CT molecular complexity index is 540. The molecule has 1 aromatic rings. The Labute approximate surface area is 113 Å². The quantitative estimate of drug-likeness (QED) is 0.696. The molecule has 19 heavy (non-hydrogen) atoms. The number of carbonyl (C=O) groups is 1. The van der Waals surface area contributed by atoms with Crippen molar-refractivity contribution in [1.82, 2.24) is 9.44 Å². The molecule has 0 fully saturated rings. The molecule has 0 aliphatic rings. The Balaban J connectivity index is 2.61. The molecular weight excluding hydrogens is 268 g/mol. The van der Waals surface area contributed by atoms with Crippen LogP contribution < -0.4 is 9.44 Å². The second-order valence-corrected chi connectivity index (χ2v) is 6.16.